The molecule has 0 amide bonds. The van der Waals surface area contributed by atoms with Crippen LogP contribution < -0.4 is 0 Å². The van der Waals surface area contributed by atoms with Gasteiger partial charge in [-0.3, -0.25) is 0 Å². The quantitative estimate of drug-likeness (QED) is 0.451. The molecule has 0 bridgehead atoms. The van der Waals surface area contributed by atoms with E-state index in [0.717, 1.165) is 22.6 Å². The molecule has 3 aromatic rings. The van der Waals surface area contributed by atoms with Gasteiger partial charge in [0.2, 0.25) is 0 Å². The van der Waals surface area contributed by atoms with Crippen LogP contribution in [0.4, 0.5) is 0 Å². The monoisotopic (exact) mass is 343 g/mol. The summed E-state index contributed by atoms with van der Waals surface area (Å²) in [6, 6.07) is 28.2. The molecular formula is C24H23O2. The molecule has 0 saturated heterocycles. The molecule has 0 aromatic heterocycles. The van der Waals surface area contributed by atoms with E-state index in [1.165, 1.54) is 0 Å². The molecule has 0 unspecified atom stereocenters. The summed E-state index contributed by atoms with van der Waals surface area (Å²) in [7, 11) is 0. The van der Waals surface area contributed by atoms with E-state index in [-0.39, 0.29) is 5.97 Å². The largest absolute Gasteiger partial charge is 0.456 e. The first-order valence-corrected chi connectivity index (χ1v) is 8.76. The van der Waals surface area contributed by atoms with Crippen molar-refractivity contribution in [2.75, 3.05) is 0 Å². The fourth-order valence-corrected chi connectivity index (χ4v) is 2.82. The second-order valence-corrected chi connectivity index (χ2v) is 7.19. The van der Waals surface area contributed by atoms with Gasteiger partial charge in [-0.25, -0.2) is 4.79 Å². The van der Waals surface area contributed by atoms with Crippen molar-refractivity contribution < 1.29 is 9.53 Å². The molecule has 0 atom stereocenters. The Balaban J connectivity index is 1.94. The Labute approximate surface area is 155 Å². The van der Waals surface area contributed by atoms with E-state index in [1.807, 2.05) is 81.4 Å². The predicted octanol–water partition coefficient (Wildman–Crippen LogP) is 5.66. The smallest absolute Gasteiger partial charge is 0.338 e. The Morgan fingerprint density at radius 3 is 1.42 bits per heavy atom. The first-order valence-electron chi connectivity index (χ1n) is 8.76. The van der Waals surface area contributed by atoms with Crippen LogP contribution in [0.5, 0.6) is 0 Å². The highest BCUT2D eigenvalue weighted by Gasteiger charge is 2.20. The molecule has 3 aromatic carbocycles. The van der Waals surface area contributed by atoms with Gasteiger partial charge in [0.05, 0.1) is 11.5 Å². The zero-order valence-corrected chi connectivity index (χ0v) is 15.4. The summed E-state index contributed by atoms with van der Waals surface area (Å²) in [5, 5.41) is 0. The molecule has 0 spiro atoms. The highest BCUT2D eigenvalue weighted by Crippen LogP contribution is 2.31. The molecule has 26 heavy (non-hydrogen) atoms. The summed E-state index contributed by atoms with van der Waals surface area (Å²) >= 11 is 0. The van der Waals surface area contributed by atoms with Gasteiger partial charge in [-0.05, 0) is 49.6 Å². The predicted molar refractivity (Wildman–Crippen MR) is 105 cm³/mol. The Hall–Kier alpha value is -2.87. The average Bonchev–Trinajstić information content (AvgIpc) is 2.63. The van der Waals surface area contributed by atoms with Crippen molar-refractivity contribution in [1.29, 1.82) is 0 Å². The second kappa shape index (κ2) is 7.57. The van der Waals surface area contributed by atoms with E-state index in [0.29, 0.717) is 5.56 Å². The minimum Gasteiger partial charge on any atom is -0.456 e. The van der Waals surface area contributed by atoms with Crippen molar-refractivity contribution in [2.45, 2.75) is 26.4 Å². The van der Waals surface area contributed by atoms with Gasteiger partial charge >= 0.3 is 5.97 Å². The van der Waals surface area contributed by atoms with E-state index in [1.54, 1.807) is 0 Å². The van der Waals surface area contributed by atoms with Crippen LogP contribution in [0.2, 0.25) is 0 Å². The minimum atomic E-state index is -0.499. The van der Waals surface area contributed by atoms with Gasteiger partial charge in [0.25, 0.3) is 0 Å². The zero-order valence-electron chi connectivity index (χ0n) is 15.4. The molecule has 0 aliphatic heterocycles. The molecule has 0 saturated carbocycles. The van der Waals surface area contributed by atoms with Crippen LogP contribution in [0.15, 0.2) is 84.9 Å². The first kappa shape index (κ1) is 17.9. The lowest BCUT2D eigenvalue weighted by Crippen LogP contribution is -2.23. The van der Waals surface area contributed by atoms with Gasteiger partial charge in [0, 0.05) is 0 Å². The fourth-order valence-electron chi connectivity index (χ4n) is 2.82. The third-order valence-corrected chi connectivity index (χ3v) is 3.93. The molecule has 0 aliphatic rings. The lowest BCUT2D eigenvalue weighted by molar-refractivity contribution is 0.00695. The number of esters is 1. The SMILES string of the molecule is CC(C)(C)OC(=O)c1ccc([C](c2ccccc2)c2ccccc2)cc1. The molecule has 0 aliphatic carbocycles. The maximum Gasteiger partial charge on any atom is 0.338 e. The molecular weight excluding hydrogens is 320 g/mol. The summed E-state index contributed by atoms with van der Waals surface area (Å²) in [5.74, 6) is 0.840. The number of ether oxygens (including phenoxy) is 1. The van der Waals surface area contributed by atoms with Crippen LogP contribution in [-0.4, -0.2) is 11.6 Å². The lowest BCUT2D eigenvalue weighted by atomic mass is 9.85. The van der Waals surface area contributed by atoms with Gasteiger partial charge in [0.1, 0.15) is 5.60 Å². The third-order valence-electron chi connectivity index (χ3n) is 3.93. The van der Waals surface area contributed by atoms with Gasteiger partial charge < -0.3 is 4.74 Å². The highest BCUT2D eigenvalue weighted by molar-refractivity contribution is 5.89. The first-order chi connectivity index (χ1) is 12.4. The number of rotatable bonds is 4. The van der Waals surface area contributed by atoms with Crippen molar-refractivity contribution in [3.8, 4) is 0 Å². The van der Waals surface area contributed by atoms with Gasteiger partial charge in [-0.15, -0.1) is 0 Å². The number of hydrogen-bond acceptors (Lipinski definition) is 2. The molecule has 0 N–H and O–H groups in total. The van der Waals surface area contributed by atoms with E-state index in [9.17, 15) is 4.79 Å². The summed E-state index contributed by atoms with van der Waals surface area (Å²) < 4.78 is 5.45. The van der Waals surface area contributed by atoms with Crippen LogP contribution in [-0.2, 0) is 4.74 Å². The van der Waals surface area contributed by atoms with Crippen molar-refractivity contribution in [3.63, 3.8) is 0 Å². The average molecular weight is 343 g/mol. The Kier molecular flexibility index (Phi) is 5.22. The van der Waals surface area contributed by atoms with Crippen molar-refractivity contribution in [3.05, 3.63) is 113 Å². The van der Waals surface area contributed by atoms with Gasteiger partial charge in [0.15, 0.2) is 0 Å². The summed E-state index contributed by atoms with van der Waals surface area (Å²) in [6.45, 7) is 5.61. The van der Waals surface area contributed by atoms with Gasteiger partial charge in [-0.1, -0.05) is 72.8 Å². The molecule has 3 rings (SSSR count). The minimum absolute atomic E-state index is 0.301. The zero-order chi connectivity index (χ0) is 18.6. The summed E-state index contributed by atoms with van der Waals surface area (Å²) in [6.07, 6.45) is 0. The summed E-state index contributed by atoms with van der Waals surface area (Å²) in [4.78, 5) is 12.3. The number of carbonyl (C=O) groups excluding carboxylic acids is 1. The van der Waals surface area contributed by atoms with Crippen LogP contribution >= 0.6 is 0 Å². The molecule has 2 heteroatoms. The van der Waals surface area contributed by atoms with Crippen LogP contribution in [0.1, 0.15) is 47.8 Å². The molecule has 0 heterocycles. The number of carbonyl (C=O) groups is 1. The third kappa shape index (κ3) is 4.40. The van der Waals surface area contributed by atoms with Crippen LogP contribution in [0, 0.1) is 5.92 Å². The normalized spacial score (nSPS) is 11.4. The Morgan fingerprint density at radius 2 is 1.00 bits per heavy atom. The lowest BCUT2D eigenvalue weighted by Gasteiger charge is -2.20. The fraction of sp³-hybridized carbons (Fsp3) is 0.167. The molecule has 0 fully saturated rings. The van der Waals surface area contributed by atoms with E-state index < -0.39 is 5.60 Å². The van der Waals surface area contributed by atoms with Crippen molar-refractivity contribution >= 4 is 5.97 Å². The van der Waals surface area contributed by atoms with Crippen LogP contribution in [0.25, 0.3) is 0 Å². The maximum atomic E-state index is 12.3. The van der Waals surface area contributed by atoms with Gasteiger partial charge in [-0.2, -0.15) is 0 Å². The second-order valence-electron chi connectivity index (χ2n) is 7.19. The summed E-state index contributed by atoms with van der Waals surface area (Å²) in [5.41, 5.74) is 3.41. The number of benzene rings is 3. The van der Waals surface area contributed by atoms with Crippen molar-refractivity contribution in [1.82, 2.24) is 0 Å². The van der Waals surface area contributed by atoms with E-state index in [4.69, 9.17) is 4.74 Å². The van der Waals surface area contributed by atoms with Crippen LogP contribution in [0.3, 0.4) is 0 Å². The van der Waals surface area contributed by atoms with E-state index >= 15 is 0 Å². The standard InChI is InChI=1S/C24H23O2/c1-24(2,3)26-23(25)21-16-14-20(15-17-21)22(18-10-6-4-7-11-18)19-12-8-5-9-13-19/h4-17H,1-3H3. The highest BCUT2D eigenvalue weighted by atomic mass is 16.6. The molecule has 2 nitrogen and oxygen atoms in total. The molecule has 1 radical (unpaired) electrons. The Morgan fingerprint density at radius 1 is 0.615 bits per heavy atom. The topological polar surface area (TPSA) is 26.3 Å². The molecule has 131 valence electrons. The Bertz CT molecular complexity index is 805. The number of hydrogen-bond donors (Lipinski definition) is 0. The van der Waals surface area contributed by atoms with Crippen molar-refractivity contribution in [2.24, 2.45) is 0 Å². The van der Waals surface area contributed by atoms with E-state index in [2.05, 4.69) is 24.3 Å². The maximum absolute atomic E-state index is 12.3.